The topological polar surface area (TPSA) is 90.9 Å². The Morgan fingerprint density at radius 1 is 1.18 bits per heavy atom. The van der Waals surface area contributed by atoms with Crippen LogP contribution in [0.3, 0.4) is 0 Å². The van der Waals surface area contributed by atoms with Gasteiger partial charge in [-0.2, -0.15) is 4.98 Å². The quantitative estimate of drug-likeness (QED) is 0.474. The monoisotopic (exact) mass is 461 g/mol. The van der Waals surface area contributed by atoms with Crippen molar-refractivity contribution < 1.29 is 14.3 Å². The van der Waals surface area contributed by atoms with Crippen LogP contribution in [-0.2, 0) is 22.7 Å². The van der Waals surface area contributed by atoms with E-state index in [4.69, 9.17) is 4.74 Å². The van der Waals surface area contributed by atoms with E-state index in [9.17, 15) is 9.59 Å². The summed E-state index contributed by atoms with van der Waals surface area (Å²) < 4.78 is 5.22. The van der Waals surface area contributed by atoms with Gasteiger partial charge in [0.15, 0.2) is 0 Å². The third-order valence-corrected chi connectivity index (χ3v) is 6.83. The van der Waals surface area contributed by atoms with E-state index in [1.807, 2.05) is 13.8 Å². The summed E-state index contributed by atoms with van der Waals surface area (Å²) >= 11 is 0. The lowest BCUT2D eigenvalue weighted by Crippen LogP contribution is -2.72. The number of aromatic nitrogens is 2. The molecule has 2 fully saturated rings. The number of rotatable bonds is 8. The molecule has 3 aliphatic rings. The van der Waals surface area contributed by atoms with Crippen molar-refractivity contribution in [3.8, 4) is 0 Å². The first-order valence-corrected chi connectivity index (χ1v) is 11.8. The summed E-state index contributed by atoms with van der Waals surface area (Å²) in [4.78, 5) is 37.9. The van der Waals surface area contributed by atoms with E-state index in [0.717, 1.165) is 50.0 Å². The second-order valence-corrected chi connectivity index (χ2v) is 10.0. The van der Waals surface area contributed by atoms with E-state index in [0.29, 0.717) is 17.2 Å². The number of nitrogens with one attached hydrogen (secondary N) is 1. The van der Waals surface area contributed by atoms with Gasteiger partial charge in [0.05, 0.1) is 17.8 Å². The van der Waals surface area contributed by atoms with Crippen molar-refractivity contribution >= 4 is 31.5 Å². The van der Waals surface area contributed by atoms with Crippen LogP contribution in [0.5, 0.6) is 0 Å². The molecule has 177 valence electrons. The van der Waals surface area contributed by atoms with Gasteiger partial charge in [-0.05, 0) is 45.0 Å². The lowest BCUT2D eigenvalue weighted by molar-refractivity contribution is -0.0855. The normalized spacial score (nSPS) is 20.2. The third-order valence-electron chi connectivity index (χ3n) is 6.83. The van der Waals surface area contributed by atoms with Crippen LogP contribution in [0.4, 0.5) is 16.6 Å². The lowest BCUT2D eigenvalue weighted by Gasteiger charge is -2.60. The molecular weight excluding hydrogens is 431 g/mol. The molecule has 4 heterocycles. The van der Waals surface area contributed by atoms with Gasteiger partial charge in [0.25, 0.3) is 7.41 Å². The number of benzene rings is 1. The first kappa shape index (κ1) is 22.8. The first-order valence-electron chi connectivity index (χ1n) is 11.8. The molecule has 1 atom stereocenters. The first-order chi connectivity index (χ1) is 16.4. The smallest absolute Gasteiger partial charge is 0.416 e. The number of ether oxygens (including phenoxy) is 1. The average molecular weight is 461 g/mol. The molecule has 10 heteroatoms. The Balaban J connectivity index is 1.17. The molecule has 3 aliphatic heterocycles. The molecule has 2 saturated heterocycles. The molecule has 2 aromatic rings. The van der Waals surface area contributed by atoms with Crippen molar-refractivity contribution in [1.82, 2.24) is 19.7 Å². The largest absolute Gasteiger partial charge is 0.444 e. The van der Waals surface area contributed by atoms with E-state index >= 15 is 0 Å². The predicted octanol–water partition coefficient (Wildman–Crippen LogP) is 2.44. The average Bonchev–Trinajstić information content (AvgIpc) is 2.76. The molecule has 1 radical (unpaired) electrons. The van der Waals surface area contributed by atoms with Crippen LogP contribution < -0.4 is 10.2 Å². The zero-order chi connectivity index (χ0) is 23.9. The highest BCUT2D eigenvalue weighted by molar-refractivity contribution is 6.64. The van der Waals surface area contributed by atoms with Gasteiger partial charge < -0.3 is 19.7 Å². The Kier molecular flexibility index (Phi) is 6.03. The van der Waals surface area contributed by atoms with Gasteiger partial charge in [-0.1, -0.05) is 24.3 Å². The number of hydrogen-bond acceptors (Lipinski definition) is 8. The van der Waals surface area contributed by atoms with Crippen molar-refractivity contribution in [3.05, 3.63) is 47.2 Å². The van der Waals surface area contributed by atoms with Crippen molar-refractivity contribution in [3.63, 3.8) is 0 Å². The van der Waals surface area contributed by atoms with Crippen LogP contribution in [0.15, 0.2) is 30.5 Å². The molecule has 0 unspecified atom stereocenters. The Labute approximate surface area is 200 Å². The minimum Gasteiger partial charge on any atom is -0.444 e. The summed E-state index contributed by atoms with van der Waals surface area (Å²) in [5.41, 5.74) is 3.62. The molecule has 1 N–H and O–H groups in total. The van der Waals surface area contributed by atoms with Crippen molar-refractivity contribution in [2.24, 2.45) is 5.41 Å². The Morgan fingerprint density at radius 2 is 1.91 bits per heavy atom. The second-order valence-electron chi connectivity index (χ2n) is 10.0. The molecule has 0 bridgehead atoms. The zero-order valence-electron chi connectivity index (χ0n) is 19.9. The van der Waals surface area contributed by atoms with Gasteiger partial charge in [0.2, 0.25) is 5.95 Å². The number of carbonyl (C=O) groups is 2. The van der Waals surface area contributed by atoms with E-state index in [1.54, 1.807) is 18.5 Å². The van der Waals surface area contributed by atoms with E-state index < -0.39 is 0 Å². The Morgan fingerprint density at radius 3 is 2.59 bits per heavy atom. The minimum absolute atomic E-state index is 0.0115. The summed E-state index contributed by atoms with van der Waals surface area (Å²) in [5, 5.41) is 3.36. The SMILES string of the molecule is CC(C)N1C(=O)OCc2cnc(N[C@@H](C)c3ccc(CN4CC5(CN([B]C=O)C5)C4)cc3)nc21. The van der Waals surface area contributed by atoms with E-state index in [-0.39, 0.29) is 24.8 Å². The predicted molar refractivity (Wildman–Crippen MR) is 130 cm³/mol. The summed E-state index contributed by atoms with van der Waals surface area (Å²) in [6.07, 6.45) is 2.22. The molecule has 0 saturated carbocycles. The minimum atomic E-state index is -0.377. The van der Waals surface area contributed by atoms with Crippen LogP contribution >= 0.6 is 0 Å². The molecule has 5 rings (SSSR count). The number of anilines is 2. The Hall–Kier alpha value is -2.98. The van der Waals surface area contributed by atoms with E-state index in [2.05, 4.69) is 56.2 Å². The van der Waals surface area contributed by atoms with Crippen molar-refractivity contribution in [1.29, 1.82) is 0 Å². The fourth-order valence-corrected chi connectivity index (χ4v) is 5.20. The number of cyclic esters (lactones) is 1. The van der Waals surface area contributed by atoms with Gasteiger partial charge >= 0.3 is 6.09 Å². The number of nitrogens with zero attached hydrogens (tertiary/aromatic N) is 5. The maximum atomic E-state index is 12.2. The van der Waals surface area contributed by atoms with Crippen LogP contribution in [-0.4, -0.2) is 71.6 Å². The molecule has 1 aromatic heterocycles. The summed E-state index contributed by atoms with van der Waals surface area (Å²) in [6.45, 7) is 11.2. The summed E-state index contributed by atoms with van der Waals surface area (Å²) in [6, 6.07) is 8.59. The standard InChI is InChI=1S/C24H30BN6O3/c1-16(2)31-21-20(10-34-23(31)33)8-26-22(28-21)27-17(3)19-6-4-18(5-7-19)9-29-11-24(12-29)13-30(14-24)25-15-32/h4-8,15-17H,9-14H2,1-3H3,(H,26,27,28)/t17-/m0/s1. The molecule has 9 nitrogen and oxygen atoms in total. The molecule has 34 heavy (non-hydrogen) atoms. The van der Waals surface area contributed by atoms with Gasteiger partial charge in [-0.3, -0.25) is 9.80 Å². The number of likely N-dealkylation sites (tertiary alicyclic amines) is 1. The maximum Gasteiger partial charge on any atom is 0.416 e. The molecule has 1 spiro atoms. The van der Waals surface area contributed by atoms with Gasteiger partial charge in [0.1, 0.15) is 12.4 Å². The molecular formula is C24H30BN6O3. The molecule has 1 aromatic carbocycles. The van der Waals surface area contributed by atoms with Crippen molar-refractivity contribution in [2.45, 2.75) is 46.0 Å². The summed E-state index contributed by atoms with van der Waals surface area (Å²) in [5.74, 6) is 1.10. The van der Waals surface area contributed by atoms with E-state index in [1.165, 1.54) is 5.56 Å². The summed E-state index contributed by atoms with van der Waals surface area (Å²) in [7, 11) is 1.64. The van der Waals surface area contributed by atoms with Crippen molar-refractivity contribution in [2.75, 3.05) is 36.4 Å². The number of fused-ring (bicyclic) bond motifs is 1. The second kappa shape index (κ2) is 9.00. The Bertz CT molecular complexity index is 1060. The highest BCUT2D eigenvalue weighted by atomic mass is 16.6. The van der Waals surface area contributed by atoms with Gasteiger partial charge in [-0.25, -0.2) is 9.78 Å². The van der Waals surface area contributed by atoms with Gasteiger partial charge in [-0.15, -0.1) is 0 Å². The van der Waals surface area contributed by atoms with Crippen LogP contribution in [0, 0.1) is 5.41 Å². The third kappa shape index (κ3) is 4.39. The molecule has 1 amide bonds. The highest BCUT2D eigenvalue weighted by Crippen LogP contribution is 2.39. The number of hydrogen-bond donors (Lipinski definition) is 1. The maximum absolute atomic E-state index is 12.2. The number of amides is 1. The molecule has 0 aliphatic carbocycles. The van der Waals surface area contributed by atoms with Crippen LogP contribution in [0.25, 0.3) is 0 Å². The lowest BCUT2D eigenvalue weighted by atomic mass is 9.68. The van der Waals surface area contributed by atoms with Gasteiger partial charge in [0, 0.05) is 37.3 Å². The fourth-order valence-electron chi connectivity index (χ4n) is 5.20. The van der Waals surface area contributed by atoms with Crippen LogP contribution in [0.2, 0.25) is 0 Å². The fraction of sp³-hybridized carbons (Fsp3) is 0.500. The number of carbonyl (C=O) groups excluding carboxylic acids is 2. The van der Waals surface area contributed by atoms with Crippen LogP contribution in [0.1, 0.15) is 43.5 Å². The highest BCUT2D eigenvalue weighted by Gasteiger charge is 2.50. The zero-order valence-corrected chi connectivity index (χ0v) is 19.9.